The van der Waals surface area contributed by atoms with Crippen LogP contribution in [-0.2, 0) is 6.54 Å². The van der Waals surface area contributed by atoms with Gasteiger partial charge in [-0.2, -0.15) is 0 Å². The van der Waals surface area contributed by atoms with E-state index in [0.717, 1.165) is 0 Å². The number of hydrogen-bond donors (Lipinski definition) is 2. The van der Waals surface area contributed by atoms with Crippen LogP contribution >= 0.6 is 0 Å². The van der Waals surface area contributed by atoms with Crippen LogP contribution in [0.25, 0.3) is 11.5 Å². The minimum absolute atomic E-state index is 0.188. The van der Waals surface area contributed by atoms with Crippen LogP contribution in [-0.4, -0.2) is 34.3 Å². The van der Waals surface area contributed by atoms with Gasteiger partial charge in [-0.25, -0.2) is 4.98 Å². The Balaban J connectivity index is 2.33. The first-order chi connectivity index (χ1) is 8.74. The Bertz CT molecular complexity index is 579. The van der Waals surface area contributed by atoms with Crippen LogP contribution in [0.1, 0.15) is 5.56 Å². The third kappa shape index (κ3) is 2.51. The Morgan fingerprint density at radius 1 is 1.39 bits per heavy atom. The molecule has 94 valence electrons. The number of nitrogens with zero attached hydrogens (tertiary/aromatic N) is 3. The summed E-state index contributed by atoms with van der Waals surface area (Å²) in [6.45, 7) is 0.469. The van der Waals surface area contributed by atoms with Gasteiger partial charge in [0, 0.05) is 24.4 Å². The molecule has 2 aromatic heterocycles. The van der Waals surface area contributed by atoms with E-state index in [1.54, 1.807) is 19.2 Å². The first-order valence-electron chi connectivity index (χ1n) is 5.35. The van der Waals surface area contributed by atoms with Crippen molar-refractivity contribution >= 4 is 0 Å². The molecule has 0 fully saturated rings. The number of hydrogen-bond acceptors (Lipinski definition) is 6. The molecule has 0 radical (unpaired) electrons. The number of rotatable bonds is 4. The van der Waals surface area contributed by atoms with Crippen LogP contribution in [0.5, 0.6) is 5.88 Å². The molecule has 2 rings (SSSR count). The summed E-state index contributed by atoms with van der Waals surface area (Å²) in [5, 5.41) is 10.6. The maximum atomic E-state index is 11.7. The van der Waals surface area contributed by atoms with E-state index in [-0.39, 0.29) is 5.56 Å². The van der Waals surface area contributed by atoms with E-state index in [4.69, 9.17) is 4.74 Å². The highest BCUT2D eigenvalue weighted by molar-refractivity contribution is 5.47. The number of H-pyrrole nitrogens is 1. The van der Waals surface area contributed by atoms with Crippen LogP contribution in [0.15, 0.2) is 23.1 Å². The number of methoxy groups -OCH3 is 1. The topological polar surface area (TPSA) is 92.8 Å². The van der Waals surface area contributed by atoms with Crippen molar-refractivity contribution < 1.29 is 4.74 Å². The Morgan fingerprint density at radius 2 is 2.22 bits per heavy atom. The van der Waals surface area contributed by atoms with Gasteiger partial charge in [0.1, 0.15) is 5.69 Å². The summed E-state index contributed by atoms with van der Waals surface area (Å²) in [4.78, 5) is 18.5. The van der Waals surface area contributed by atoms with E-state index >= 15 is 0 Å². The van der Waals surface area contributed by atoms with Crippen molar-refractivity contribution in [3.05, 3.63) is 34.2 Å². The molecule has 0 spiro atoms. The molecular weight excluding hydrogens is 234 g/mol. The number of aromatic amines is 1. The van der Waals surface area contributed by atoms with Crippen molar-refractivity contribution in [1.82, 2.24) is 25.5 Å². The minimum atomic E-state index is -0.188. The molecule has 7 heteroatoms. The van der Waals surface area contributed by atoms with E-state index in [9.17, 15) is 4.79 Å². The van der Waals surface area contributed by atoms with Crippen molar-refractivity contribution in [3.63, 3.8) is 0 Å². The molecule has 18 heavy (non-hydrogen) atoms. The smallest absolute Gasteiger partial charge is 0.255 e. The summed E-state index contributed by atoms with van der Waals surface area (Å²) >= 11 is 0. The molecule has 0 aliphatic rings. The number of ether oxygens (including phenoxy) is 1. The lowest BCUT2D eigenvalue weighted by molar-refractivity contribution is 0.392. The van der Waals surface area contributed by atoms with Gasteiger partial charge in [0.05, 0.1) is 7.11 Å². The monoisotopic (exact) mass is 247 g/mol. The number of aromatic nitrogens is 4. The van der Waals surface area contributed by atoms with Gasteiger partial charge >= 0.3 is 0 Å². The van der Waals surface area contributed by atoms with Crippen LogP contribution in [0.2, 0.25) is 0 Å². The molecule has 0 amide bonds. The highest BCUT2D eigenvalue weighted by Gasteiger charge is 2.06. The molecule has 0 aliphatic heterocycles. The van der Waals surface area contributed by atoms with Gasteiger partial charge in [0.15, 0.2) is 5.82 Å². The third-order valence-electron chi connectivity index (χ3n) is 2.33. The fourth-order valence-corrected chi connectivity index (χ4v) is 1.42. The van der Waals surface area contributed by atoms with Gasteiger partial charge in [0.25, 0.3) is 5.56 Å². The molecule has 2 N–H and O–H groups in total. The molecule has 0 saturated heterocycles. The first-order valence-corrected chi connectivity index (χ1v) is 5.35. The molecule has 0 bridgehead atoms. The quantitative estimate of drug-likeness (QED) is 0.787. The molecule has 0 saturated carbocycles. The predicted molar refractivity (Wildman–Crippen MR) is 65.2 cm³/mol. The second-order valence-corrected chi connectivity index (χ2v) is 3.58. The minimum Gasteiger partial charge on any atom is -0.480 e. The van der Waals surface area contributed by atoms with Crippen LogP contribution < -0.4 is 15.6 Å². The van der Waals surface area contributed by atoms with Gasteiger partial charge in [-0.15, -0.1) is 10.2 Å². The molecule has 0 unspecified atom stereocenters. The molecule has 2 aromatic rings. The van der Waals surface area contributed by atoms with Crippen molar-refractivity contribution in [2.24, 2.45) is 0 Å². The largest absolute Gasteiger partial charge is 0.480 e. The zero-order chi connectivity index (χ0) is 13.0. The van der Waals surface area contributed by atoms with Crippen molar-refractivity contribution in [2.75, 3.05) is 14.2 Å². The third-order valence-corrected chi connectivity index (χ3v) is 2.33. The van der Waals surface area contributed by atoms with Gasteiger partial charge in [-0.3, -0.25) is 4.79 Å². The lowest BCUT2D eigenvalue weighted by Gasteiger charge is -2.02. The van der Waals surface area contributed by atoms with Gasteiger partial charge in [-0.05, 0) is 13.1 Å². The van der Waals surface area contributed by atoms with Crippen LogP contribution in [0, 0.1) is 0 Å². The average Bonchev–Trinajstić information content (AvgIpc) is 2.41. The maximum Gasteiger partial charge on any atom is 0.255 e. The number of nitrogens with one attached hydrogen (secondary N) is 2. The summed E-state index contributed by atoms with van der Waals surface area (Å²) in [5.41, 5.74) is 0.874. The first kappa shape index (κ1) is 12.2. The molecule has 7 nitrogen and oxygen atoms in total. The highest BCUT2D eigenvalue weighted by Crippen LogP contribution is 2.11. The second kappa shape index (κ2) is 5.37. The van der Waals surface area contributed by atoms with E-state index < -0.39 is 0 Å². The van der Waals surface area contributed by atoms with Crippen LogP contribution in [0.3, 0.4) is 0 Å². The SMILES string of the molecule is CNCc1cnc(-c2ccc(OC)nn2)[nH]c1=O. The Kier molecular flexibility index (Phi) is 3.63. The molecule has 0 aliphatic carbocycles. The normalized spacial score (nSPS) is 10.3. The maximum absolute atomic E-state index is 11.7. The zero-order valence-corrected chi connectivity index (χ0v) is 10.1. The second-order valence-electron chi connectivity index (χ2n) is 3.58. The Hall–Kier alpha value is -2.28. The van der Waals surface area contributed by atoms with Gasteiger partial charge in [0.2, 0.25) is 5.88 Å². The zero-order valence-electron chi connectivity index (χ0n) is 10.1. The summed E-state index contributed by atoms with van der Waals surface area (Å²) in [5.74, 6) is 0.794. The van der Waals surface area contributed by atoms with Crippen molar-refractivity contribution in [3.8, 4) is 17.4 Å². The summed E-state index contributed by atoms with van der Waals surface area (Å²) in [7, 11) is 3.28. The summed E-state index contributed by atoms with van der Waals surface area (Å²) < 4.78 is 4.91. The highest BCUT2D eigenvalue weighted by atomic mass is 16.5. The van der Waals surface area contributed by atoms with Crippen molar-refractivity contribution in [2.45, 2.75) is 6.54 Å². The van der Waals surface area contributed by atoms with Gasteiger partial charge in [-0.1, -0.05) is 0 Å². The Labute approximate surface area is 103 Å². The lowest BCUT2D eigenvalue weighted by Crippen LogP contribution is -2.19. The molecule has 0 atom stereocenters. The van der Waals surface area contributed by atoms with Crippen molar-refractivity contribution in [1.29, 1.82) is 0 Å². The standard InChI is InChI=1S/C11H13N5O2/c1-12-5-7-6-13-10(14-11(7)17)8-3-4-9(18-2)16-15-8/h3-4,6,12H,5H2,1-2H3,(H,13,14,17). The molecular formula is C11H13N5O2. The van der Waals surface area contributed by atoms with Crippen LogP contribution in [0.4, 0.5) is 0 Å². The van der Waals surface area contributed by atoms with E-state index in [2.05, 4.69) is 25.5 Å². The summed E-state index contributed by atoms with van der Waals surface area (Å²) in [6.07, 6.45) is 1.52. The summed E-state index contributed by atoms with van der Waals surface area (Å²) in [6, 6.07) is 3.34. The molecule has 2 heterocycles. The average molecular weight is 247 g/mol. The Morgan fingerprint density at radius 3 is 2.78 bits per heavy atom. The van der Waals surface area contributed by atoms with E-state index in [1.165, 1.54) is 13.3 Å². The lowest BCUT2D eigenvalue weighted by atomic mass is 10.3. The fraction of sp³-hybridized carbons (Fsp3) is 0.273. The molecule has 0 aromatic carbocycles. The fourth-order valence-electron chi connectivity index (χ4n) is 1.42. The predicted octanol–water partition coefficient (Wildman–Crippen LogP) is -0.0451. The van der Waals surface area contributed by atoms with Gasteiger partial charge < -0.3 is 15.0 Å². The van der Waals surface area contributed by atoms with E-state index in [0.29, 0.717) is 29.5 Å². The van der Waals surface area contributed by atoms with E-state index in [1.807, 2.05) is 0 Å².